The van der Waals surface area contributed by atoms with E-state index in [9.17, 15) is 23.1 Å². The molecule has 2 heterocycles. The number of hydrogen-bond acceptors (Lipinski definition) is 4. The molecule has 0 aliphatic carbocycles. The van der Waals surface area contributed by atoms with Crippen molar-refractivity contribution in [1.82, 2.24) is 4.90 Å². The van der Waals surface area contributed by atoms with Gasteiger partial charge in [0.25, 0.3) is 5.91 Å². The SMILES string of the molecule is COc1ccc(C2Cc3c(cccc3C(F)(F)F)N([C@@H]3CCCN(Cc4ccccc4)C3)C(=O)C2O)cc1. The van der Waals surface area contributed by atoms with Gasteiger partial charge in [0.05, 0.1) is 12.7 Å². The molecule has 5 rings (SSSR count). The third-order valence-electron chi connectivity index (χ3n) is 7.65. The summed E-state index contributed by atoms with van der Waals surface area (Å²) < 4.78 is 47.8. The van der Waals surface area contributed by atoms with Crippen LogP contribution in [-0.2, 0) is 23.9 Å². The first-order valence-electron chi connectivity index (χ1n) is 12.9. The van der Waals surface area contributed by atoms with Gasteiger partial charge in [-0.1, -0.05) is 48.5 Å². The van der Waals surface area contributed by atoms with Gasteiger partial charge in [-0.25, -0.2) is 0 Å². The van der Waals surface area contributed by atoms with Crippen molar-refractivity contribution in [2.24, 2.45) is 0 Å². The van der Waals surface area contributed by atoms with E-state index in [2.05, 4.69) is 4.90 Å². The Morgan fingerprint density at radius 1 is 1.00 bits per heavy atom. The van der Waals surface area contributed by atoms with Gasteiger partial charge in [-0.05, 0) is 66.8 Å². The molecule has 0 bridgehead atoms. The Labute approximate surface area is 220 Å². The number of aliphatic hydroxyl groups excluding tert-OH is 1. The van der Waals surface area contributed by atoms with Gasteiger partial charge in [-0.2, -0.15) is 13.2 Å². The van der Waals surface area contributed by atoms with Crippen LogP contribution in [0.25, 0.3) is 0 Å². The summed E-state index contributed by atoms with van der Waals surface area (Å²) >= 11 is 0. The second-order valence-electron chi connectivity index (χ2n) is 10.1. The van der Waals surface area contributed by atoms with Crippen molar-refractivity contribution in [3.63, 3.8) is 0 Å². The summed E-state index contributed by atoms with van der Waals surface area (Å²) in [6.45, 7) is 2.03. The minimum atomic E-state index is -4.59. The second-order valence-corrected chi connectivity index (χ2v) is 10.1. The summed E-state index contributed by atoms with van der Waals surface area (Å²) in [6, 6.07) is 20.4. The molecule has 2 aliphatic rings. The molecule has 0 radical (unpaired) electrons. The lowest BCUT2D eigenvalue weighted by Gasteiger charge is -2.40. The molecule has 200 valence electrons. The molecule has 3 aromatic carbocycles. The number of halogens is 3. The number of rotatable bonds is 5. The number of carbonyl (C=O) groups excluding carboxylic acids is 1. The molecule has 1 fully saturated rings. The van der Waals surface area contributed by atoms with Crippen LogP contribution in [0.2, 0.25) is 0 Å². The van der Waals surface area contributed by atoms with E-state index in [0.717, 1.165) is 24.6 Å². The molecule has 38 heavy (non-hydrogen) atoms. The highest BCUT2D eigenvalue weighted by atomic mass is 19.4. The molecule has 0 spiro atoms. The number of fused-ring (bicyclic) bond motifs is 1. The number of likely N-dealkylation sites (tertiary alicyclic amines) is 1. The Hall–Kier alpha value is -3.36. The van der Waals surface area contributed by atoms with Gasteiger partial charge in [0.15, 0.2) is 0 Å². The number of piperidine rings is 1. The van der Waals surface area contributed by atoms with Crippen molar-refractivity contribution in [3.8, 4) is 5.75 Å². The molecule has 0 saturated carbocycles. The van der Waals surface area contributed by atoms with Gasteiger partial charge in [-0.15, -0.1) is 0 Å². The van der Waals surface area contributed by atoms with Gasteiger partial charge in [0, 0.05) is 30.7 Å². The molecular formula is C30H31F3N2O3. The van der Waals surface area contributed by atoms with Crippen molar-refractivity contribution in [2.45, 2.75) is 50.0 Å². The number of nitrogens with zero attached hydrogens (tertiary/aromatic N) is 2. The maximum Gasteiger partial charge on any atom is 0.416 e. The van der Waals surface area contributed by atoms with Gasteiger partial charge < -0.3 is 14.7 Å². The minimum absolute atomic E-state index is 0.0471. The van der Waals surface area contributed by atoms with Crippen molar-refractivity contribution in [2.75, 3.05) is 25.1 Å². The van der Waals surface area contributed by atoms with Crippen LogP contribution < -0.4 is 9.64 Å². The molecular weight excluding hydrogens is 493 g/mol. The molecule has 2 unspecified atom stereocenters. The fourth-order valence-electron chi connectivity index (χ4n) is 5.80. The highest BCUT2D eigenvalue weighted by molar-refractivity contribution is 5.99. The maximum absolute atomic E-state index is 14.2. The smallest absolute Gasteiger partial charge is 0.416 e. The fraction of sp³-hybridized carbons (Fsp3) is 0.367. The Balaban J connectivity index is 1.54. The predicted octanol–water partition coefficient (Wildman–Crippen LogP) is 5.41. The summed E-state index contributed by atoms with van der Waals surface area (Å²) in [5.41, 5.74) is 1.25. The summed E-state index contributed by atoms with van der Waals surface area (Å²) in [4.78, 5) is 17.6. The van der Waals surface area contributed by atoms with Crippen LogP contribution in [0, 0.1) is 0 Å². The fourth-order valence-corrected chi connectivity index (χ4v) is 5.80. The molecule has 1 amide bonds. The predicted molar refractivity (Wildman–Crippen MR) is 139 cm³/mol. The van der Waals surface area contributed by atoms with E-state index in [-0.39, 0.29) is 23.7 Å². The number of alkyl halides is 3. The quantitative estimate of drug-likeness (QED) is 0.485. The van der Waals surface area contributed by atoms with Crippen molar-refractivity contribution >= 4 is 11.6 Å². The topological polar surface area (TPSA) is 53.0 Å². The zero-order chi connectivity index (χ0) is 26.9. The van der Waals surface area contributed by atoms with Crippen molar-refractivity contribution in [1.29, 1.82) is 0 Å². The van der Waals surface area contributed by atoms with Crippen LogP contribution in [-0.4, -0.2) is 48.3 Å². The number of benzene rings is 3. The first-order chi connectivity index (χ1) is 18.3. The standard InChI is InChI=1S/C30H31F3N2O3/c1-38-23-14-12-21(13-15-23)24-17-25-26(30(31,32)33)10-5-11-27(25)35(29(37)28(24)36)22-9-6-16-34(19-22)18-20-7-3-2-4-8-20/h2-5,7-8,10-15,22,24,28,36H,6,9,16-19H2,1H3/t22-,24?,28?/m1/s1. The number of carbonyl (C=O) groups is 1. The molecule has 1 N–H and O–H groups in total. The number of anilines is 1. The van der Waals surface area contributed by atoms with Crippen LogP contribution in [0.5, 0.6) is 5.75 Å². The summed E-state index contributed by atoms with van der Waals surface area (Å²) in [5, 5.41) is 11.3. The number of hydrogen-bond donors (Lipinski definition) is 1. The lowest BCUT2D eigenvalue weighted by molar-refractivity contribution is -0.138. The van der Waals surface area contributed by atoms with E-state index in [1.807, 2.05) is 30.3 Å². The van der Waals surface area contributed by atoms with Gasteiger partial charge in [0.1, 0.15) is 11.9 Å². The average Bonchev–Trinajstić information content (AvgIpc) is 3.03. The second kappa shape index (κ2) is 10.8. The summed E-state index contributed by atoms with van der Waals surface area (Å²) in [7, 11) is 1.52. The molecule has 5 nitrogen and oxygen atoms in total. The lowest BCUT2D eigenvalue weighted by atomic mass is 9.86. The van der Waals surface area contributed by atoms with E-state index >= 15 is 0 Å². The lowest BCUT2D eigenvalue weighted by Crippen LogP contribution is -2.53. The number of methoxy groups -OCH3 is 1. The van der Waals surface area contributed by atoms with Crippen LogP contribution in [0.3, 0.4) is 0 Å². The number of aliphatic hydroxyl groups is 1. The van der Waals surface area contributed by atoms with Gasteiger partial charge in [-0.3, -0.25) is 9.69 Å². The molecule has 0 aromatic heterocycles. The van der Waals surface area contributed by atoms with Gasteiger partial charge in [0.2, 0.25) is 0 Å². The van der Waals surface area contributed by atoms with Crippen molar-refractivity contribution < 1.29 is 27.8 Å². The van der Waals surface area contributed by atoms with E-state index in [1.54, 1.807) is 30.3 Å². The largest absolute Gasteiger partial charge is 0.497 e. The first kappa shape index (κ1) is 26.3. The van der Waals surface area contributed by atoms with Gasteiger partial charge >= 0.3 is 6.18 Å². The maximum atomic E-state index is 14.2. The molecule has 3 atom stereocenters. The van der Waals surface area contributed by atoms with E-state index in [0.29, 0.717) is 30.8 Å². The van der Waals surface area contributed by atoms with Crippen LogP contribution in [0.4, 0.5) is 18.9 Å². The number of ether oxygens (including phenoxy) is 1. The molecule has 1 saturated heterocycles. The van der Waals surface area contributed by atoms with Crippen molar-refractivity contribution in [3.05, 3.63) is 95.1 Å². The monoisotopic (exact) mass is 524 g/mol. The summed E-state index contributed by atoms with van der Waals surface area (Å²) in [6.07, 6.45) is -4.74. The highest BCUT2D eigenvalue weighted by Crippen LogP contribution is 2.43. The zero-order valence-electron chi connectivity index (χ0n) is 21.2. The number of amides is 1. The molecule has 3 aromatic rings. The Kier molecular flexibility index (Phi) is 7.45. The van der Waals surface area contributed by atoms with Crippen LogP contribution >= 0.6 is 0 Å². The zero-order valence-corrected chi connectivity index (χ0v) is 21.2. The summed E-state index contributed by atoms with van der Waals surface area (Å²) in [5.74, 6) is -0.804. The van der Waals surface area contributed by atoms with Crippen LogP contribution in [0.15, 0.2) is 72.8 Å². The Morgan fingerprint density at radius 2 is 1.74 bits per heavy atom. The first-order valence-corrected chi connectivity index (χ1v) is 12.9. The van der Waals surface area contributed by atoms with Crippen LogP contribution in [0.1, 0.15) is 41.0 Å². The van der Waals surface area contributed by atoms with E-state index in [4.69, 9.17) is 4.74 Å². The Bertz CT molecular complexity index is 1260. The Morgan fingerprint density at radius 3 is 2.42 bits per heavy atom. The molecule has 8 heteroatoms. The third-order valence-corrected chi connectivity index (χ3v) is 7.65. The van der Waals surface area contributed by atoms with E-state index < -0.39 is 29.7 Å². The average molecular weight is 525 g/mol. The third kappa shape index (κ3) is 5.28. The highest BCUT2D eigenvalue weighted by Gasteiger charge is 2.44. The normalized spacial score (nSPS) is 22.6. The molecule has 2 aliphatic heterocycles. The minimum Gasteiger partial charge on any atom is -0.497 e. The van der Waals surface area contributed by atoms with E-state index in [1.165, 1.54) is 18.1 Å².